The predicted octanol–water partition coefficient (Wildman–Crippen LogP) is 0.969. The number of amides is 1. The minimum atomic E-state index is -0.164. The van der Waals surface area contributed by atoms with Gasteiger partial charge in [0.05, 0.1) is 27.4 Å². The molecular formula is C13H21ClN2O4. The number of hydrogen-bond acceptors (Lipinski definition) is 5. The van der Waals surface area contributed by atoms with Crippen LogP contribution in [0.2, 0.25) is 0 Å². The van der Waals surface area contributed by atoms with Crippen molar-refractivity contribution in [2.24, 2.45) is 5.73 Å². The largest absolute Gasteiger partial charge is 0.496 e. The lowest BCUT2D eigenvalue weighted by Gasteiger charge is -2.10. The fourth-order valence-corrected chi connectivity index (χ4v) is 1.43. The van der Waals surface area contributed by atoms with Gasteiger partial charge in [0.2, 0.25) is 5.91 Å². The van der Waals surface area contributed by atoms with Crippen molar-refractivity contribution in [1.82, 2.24) is 5.32 Å². The number of carbonyl (C=O) groups is 1. The first-order chi connectivity index (χ1) is 9.19. The molecule has 0 saturated carbocycles. The maximum absolute atomic E-state index is 10.9. The Morgan fingerprint density at radius 3 is 2.20 bits per heavy atom. The number of halogens is 1. The Morgan fingerprint density at radius 2 is 1.70 bits per heavy atom. The highest BCUT2D eigenvalue weighted by molar-refractivity contribution is 5.85. The van der Waals surface area contributed by atoms with E-state index in [0.29, 0.717) is 36.8 Å². The number of methoxy groups -OCH3 is 2. The number of nitrogens with one attached hydrogen (secondary N) is 1. The molecule has 0 bridgehead atoms. The number of hydrogen-bond donors (Lipinski definition) is 2. The number of benzene rings is 1. The Bertz CT molecular complexity index is 393. The van der Waals surface area contributed by atoms with Gasteiger partial charge in [-0.15, -0.1) is 12.4 Å². The summed E-state index contributed by atoms with van der Waals surface area (Å²) in [5.41, 5.74) is 5.17. The molecule has 1 amide bonds. The van der Waals surface area contributed by atoms with Crippen molar-refractivity contribution in [3.05, 3.63) is 18.2 Å². The Balaban J connectivity index is 0.00000361. The molecule has 0 unspecified atom stereocenters. The highest BCUT2D eigenvalue weighted by atomic mass is 35.5. The first kappa shape index (κ1) is 18.3. The van der Waals surface area contributed by atoms with Crippen molar-refractivity contribution in [2.45, 2.75) is 6.42 Å². The van der Waals surface area contributed by atoms with E-state index in [1.54, 1.807) is 32.4 Å². The molecule has 0 aliphatic heterocycles. The standard InChI is InChI=1S/C13H20N2O4.ClH/c1-17-10-6-11(18-2)8-12(7-10)19-5-3-4-15-13(16)9-14;/h6-8H,3-5,9,14H2,1-2H3,(H,15,16);1H. The molecule has 0 saturated heterocycles. The number of ether oxygens (including phenoxy) is 3. The van der Waals surface area contributed by atoms with Crippen LogP contribution in [0.5, 0.6) is 17.2 Å². The molecule has 3 N–H and O–H groups in total. The summed E-state index contributed by atoms with van der Waals surface area (Å²) in [4.78, 5) is 10.9. The van der Waals surface area contributed by atoms with Gasteiger partial charge in [0.25, 0.3) is 0 Å². The summed E-state index contributed by atoms with van der Waals surface area (Å²) < 4.78 is 15.8. The normalized spacial score (nSPS) is 9.35. The smallest absolute Gasteiger partial charge is 0.233 e. The summed E-state index contributed by atoms with van der Waals surface area (Å²) in [6, 6.07) is 5.33. The lowest BCUT2D eigenvalue weighted by atomic mass is 10.3. The molecule has 0 heterocycles. The molecule has 0 aliphatic rings. The zero-order chi connectivity index (χ0) is 14.1. The molecule has 20 heavy (non-hydrogen) atoms. The van der Waals surface area contributed by atoms with Gasteiger partial charge in [-0.3, -0.25) is 4.79 Å². The van der Waals surface area contributed by atoms with Crippen molar-refractivity contribution in [1.29, 1.82) is 0 Å². The van der Waals surface area contributed by atoms with Crippen molar-refractivity contribution in [3.8, 4) is 17.2 Å². The van der Waals surface area contributed by atoms with Crippen molar-refractivity contribution in [3.63, 3.8) is 0 Å². The van der Waals surface area contributed by atoms with Gasteiger partial charge in [-0.25, -0.2) is 0 Å². The Kier molecular flexibility index (Phi) is 9.32. The molecule has 1 aromatic carbocycles. The van der Waals surface area contributed by atoms with Gasteiger partial charge in [-0.05, 0) is 6.42 Å². The summed E-state index contributed by atoms with van der Waals surface area (Å²) in [6.07, 6.45) is 0.700. The van der Waals surface area contributed by atoms with E-state index in [2.05, 4.69) is 5.32 Å². The molecule has 114 valence electrons. The van der Waals surface area contributed by atoms with Crippen molar-refractivity contribution >= 4 is 18.3 Å². The maximum Gasteiger partial charge on any atom is 0.233 e. The van der Waals surface area contributed by atoms with Gasteiger partial charge in [-0.2, -0.15) is 0 Å². The summed E-state index contributed by atoms with van der Waals surface area (Å²) in [6.45, 7) is 1.03. The van der Waals surface area contributed by atoms with Crippen LogP contribution in [0.25, 0.3) is 0 Å². The number of nitrogens with two attached hydrogens (primary N) is 1. The molecular weight excluding hydrogens is 284 g/mol. The van der Waals surface area contributed by atoms with E-state index in [1.807, 2.05) is 0 Å². The molecule has 0 aromatic heterocycles. The van der Waals surface area contributed by atoms with Crippen LogP contribution in [0.1, 0.15) is 6.42 Å². The fourth-order valence-electron chi connectivity index (χ4n) is 1.43. The second-order valence-electron chi connectivity index (χ2n) is 3.80. The average molecular weight is 305 g/mol. The van der Waals surface area contributed by atoms with Crippen LogP contribution in [-0.2, 0) is 4.79 Å². The van der Waals surface area contributed by atoms with Gasteiger partial charge in [0.15, 0.2) is 0 Å². The van der Waals surface area contributed by atoms with Crippen LogP contribution in [0.3, 0.4) is 0 Å². The minimum absolute atomic E-state index is 0. The quantitative estimate of drug-likeness (QED) is 0.699. The minimum Gasteiger partial charge on any atom is -0.496 e. The molecule has 0 atom stereocenters. The molecule has 7 heteroatoms. The Hall–Kier alpha value is -1.66. The molecule has 0 aliphatic carbocycles. The monoisotopic (exact) mass is 304 g/mol. The Labute approximate surface area is 125 Å². The number of rotatable bonds is 8. The van der Waals surface area contributed by atoms with Gasteiger partial charge in [-0.1, -0.05) is 0 Å². The number of carbonyl (C=O) groups excluding carboxylic acids is 1. The third kappa shape index (κ3) is 6.49. The van der Waals surface area contributed by atoms with E-state index in [9.17, 15) is 4.79 Å². The van der Waals surface area contributed by atoms with Gasteiger partial charge >= 0.3 is 0 Å². The predicted molar refractivity (Wildman–Crippen MR) is 79.0 cm³/mol. The van der Waals surface area contributed by atoms with E-state index in [1.165, 1.54) is 0 Å². The topological polar surface area (TPSA) is 82.8 Å². The third-order valence-corrected chi connectivity index (χ3v) is 2.42. The maximum atomic E-state index is 10.9. The van der Waals surface area contributed by atoms with Gasteiger partial charge < -0.3 is 25.3 Å². The summed E-state index contributed by atoms with van der Waals surface area (Å²) in [7, 11) is 3.17. The average Bonchev–Trinajstić information content (AvgIpc) is 2.46. The molecule has 1 rings (SSSR count). The van der Waals surface area contributed by atoms with Crippen molar-refractivity contribution < 1.29 is 19.0 Å². The van der Waals surface area contributed by atoms with Gasteiger partial charge in [0, 0.05) is 24.7 Å². The van der Waals surface area contributed by atoms with Crippen LogP contribution in [0, 0.1) is 0 Å². The first-order valence-corrected chi connectivity index (χ1v) is 6.02. The van der Waals surface area contributed by atoms with Crippen LogP contribution in [-0.4, -0.2) is 39.8 Å². The van der Waals surface area contributed by atoms with Crippen molar-refractivity contribution in [2.75, 3.05) is 33.9 Å². The van der Waals surface area contributed by atoms with E-state index in [-0.39, 0.29) is 24.9 Å². The zero-order valence-electron chi connectivity index (χ0n) is 11.7. The highest BCUT2D eigenvalue weighted by Gasteiger charge is 2.03. The summed E-state index contributed by atoms with van der Waals surface area (Å²) in [5.74, 6) is 1.85. The molecule has 0 radical (unpaired) electrons. The molecule has 1 aromatic rings. The summed E-state index contributed by atoms with van der Waals surface area (Å²) in [5, 5.41) is 2.67. The van der Waals surface area contributed by atoms with Crippen LogP contribution < -0.4 is 25.3 Å². The lowest BCUT2D eigenvalue weighted by molar-refractivity contribution is -0.119. The zero-order valence-corrected chi connectivity index (χ0v) is 12.5. The van der Waals surface area contributed by atoms with Gasteiger partial charge in [0.1, 0.15) is 17.2 Å². The lowest BCUT2D eigenvalue weighted by Crippen LogP contribution is -2.31. The fraction of sp³-hybridized carbons (Fsp3) is 0.462. The Morgan fingerprint density at radius 1 is 1.15 bits per heavy atom. The molecule has 6 nitrogen and oxygen atoms in total. The van der Waals surface area contributed by atoms with E-state index >= 15 is 0 Å². The van der Waals surface area contributed by atoms with Crippen LogP contribution >= 0.6 is 12.4 Å². The van der Waals surface area contributed by atoms with Crippen LogP contribution in [0.4, 0.5) is 0 Å². The SMILES string of the molecule is COc1cc(OC)cc(OCCCNC(=O)CN)c1.Cl. The van der Waals surface area contributed by atoms with E-state index in [0.717, 1.165) is 0 Å². The summed E-state index contributed by atoms with van der Waals surface area (Å²) >= 11 is 0. The molecule has 0 spiro atoms. The third-order valence-electron chi connectivity index (χ3n) is 2.42. The second kappa shape index (κ2) is 10.2. The highest BCUT2D eigenvalue weighted by Crippen LogP contribution is 2.27. The van der Waals surface area contributed by atoms with E-state index < -0.39 is 0 Å². The second-order valence-corrected chi connectivity index (χ2v) is 3.80. The van der Waals surface area contributed by atoms with E-state index in [4.69, 9.17) is 19.9 Å². The van der Waals surface area contributed by atoms with Crippen LogP contribution in [0.15, 0.2) is 18.2 Å². The first-order valence-electron chi connectivity index (χ1n) is 6.02. The molecule has 0 fully saturated rings.